The molecule has 1 saturated heterocycles. The minimum Gasteiger partial charge on any atom is -0.493 e. The Balaban J connectivity index is 1.63. The molecule has 0 unspecified atom stereocenters. The van der Waals surface area contributed by atoms with Gasteiger partial charge >= 0.3 is 12.2 Å². The van der Waals surface area contributed by atoms with Crippen LogP contribution >= 0.6 is 34.8 Å². The van der Waals surface area contributed by atoms with Gasteiger partial charge in [-0.3, -0.25) is 14.9 Å². The lowest BCUT2D eigenvalue weighted by Crippen LogP contribution is -2.54. The third kappa shape index (κ3) is 6.13. The summed E-state index contributed by atoms with van der Waals surface area (Å²) in [6.07, 6.45) is -3.61. The lowest BCUT2D eigenvalue weighted by Gasteiger charge is -2.27. The summed E-state index contributed by atoms with van der Waals surface area (Å²) in [6.45, 7) is 0.0858. The van der Waals surface area contributed by atoms with Gasteiger partial charge in [-0.2, -0.15) is 13.2 Å². The van der Waals surface area contributed by atoms with Crippen LogP contribution in [0.3, 0.4) is 0 Å². The smallest absolute Gasteiger partial charge is 0.416 e. The summed E-state index contributed by atoms with van der Waals surface area (Å²) in [5, 5.41) is 2.52. The van der Waals surface area contributed by atoms with Crippen molar-refractivity contribution < 1.29 is 37.0 Å². The standard InChI is InChI=1S/C26H16Cl3F3N2O5/c1-38-22-9-13(2-7-21(22)39-12-14-3-5-16(27)11-19(14)29)8-17-23(35)33-25(37)34(24(17)36)20-10-15(26(30,31)32)4-6-18(20)28/h2-11H,12H2,1H3,(H,33,35,37)/b17-8+. The Hall–Kier alpha value is -3.73. The van der Waals surface area contributed by atoms with Crippen molar-refractivity contribution in [3.05, 3.63) is 91.9 Å². The number of nitrogens with one attached hydrogen (secondary N) is 1. The number of amides is 4. The number of barbiturate groups is 1. The Kier molecular flexibility index (Phi) is 8.10. The number of carbonyl (C=O) groups is 3. The van der Waals surface area contributed by atoms with E-state index in [1.54, 1.807) is 18.2 Å². The van der Waals surface area contributed by atoms with Gasteiger partial charge in [0.05, 0.1) is 23.4 Å². The fourth-order valence-electron chi connectivity index (χ4n) is 3.59. The van der Waals surface area contributed by atoms with E-state index in [1.165, 1.54) is 25.3 Å². The highest BCUT2D eigenvalue weighted by atomic mass is 35.5. The molecule has 13 heteroatoms. The molecule has 202 valence electrons. The lowest BCUT2D eigenvalue weighted by molar-refractivity contribution is -0.137. The van der Waals surface area contributed by atoms with E-state index in [0.717, 1.165) is 12.1 Å². The first-order chi connectivity index (χ1) is 18.4. The molecule has 4 rings (SSSR count). The van der Waals surface area contributed by atoms with E-state index in [0.29, 0.717) is 44.0 Å². The molecule has 1 aliphatic heterocycles. The Bertz CT molecular complexity index is 1530. The number of methoxy groups -OCH3 is 1. The van der Waals surface area contributed by atoms with E-state index >= 15 is 0 Å². The third-order valence-corrected chi connectivity index (χ3v) is 6.42. The van der Waals surface area contributed by atoms with E-state index in [1.807, 2.05) is 5.32 Å². The highest BCUT2D eigenvalue weighted by Crippen LogP contribution is 2.37. The number of alkyl halides is 3. The Morgan fingerprint density at radius 3 is 2.33 bits per heavy atom. The second-order valence-electron chi connectivity index (χ2n) is 8.06. The van der Waals surface area contributed by atoms with Crippen molar-refractivity contribution in [3.63, 3.8) is 0 Å². The second kappa shape index (κ2) is 11.2. The lowest BCUT2D eigenvalue weighted by atomic mass is 10.1. The van der Waals surface area contributed by atoms with Gasteiger partial charge in [-0.1, -0.05) is 46.9 Å². The zero-order chi connectivity index (χ0) is 28.5. The SMILES string of the molecule is COc1cc(/C=C2\C(=O)NC(=O)N(c3cc(C(F)(F)F)ccc3Cl)C2=O)ccc1OCc1ccc(Cl)cc1Cl. The molecule has 0 saturated carbocycles. The average Bonchev–Trinajstić information content (AvgIpc) is 2.86. The number of benzene rings is 3. The van der Waals surface area contributed by atoms with E-state index in [4.69, 9.17) is 44.3 Å². The van der Waals surface area contributed by atoms with Crippen LogP contribution in [0.4, 0.5) is 23.7 Å². The predicted molar refractivity (Wildman–Crippen MR) is 139 cm³/mol. The van der Waals surface area contributed by atoms with Gasteiger partial charge in [-0.25, -0.2) is 9.69 Å². The van der Waals surface area contributed by atoms with Gasteiger partial charge in [-0.05, 0) is 54.1 Å². The third-order valence-electron chi connectivity index (χ3n) is 5.51. The van der Waals surface area contributed by atoms with Crippen molar-refractivity contribution >= 4 is 64.4 Å². The summed E-state index contributed by atoms with van der Waals surface area (Å²) < 4.78 is 50.8. The topological polar surface area (TPSA) is 84.9 Å². The van der Waals surface area contributed by atoms with Gasteiger partial charge in [0.1, 0.15) is 12.2 Å². The molecule has 1 heterocycles. The van der Waals surface area contributed by atoms with Crippen molar-refractivity contribution in [2.24, 2.45) is 0 Å². The van der Waals surface area contributed by atoms with Gasteiger partial charge in [0, 0.05) is 15.6 Å². The molecule has 0 radical (unpaired) electrons. The van der Waals surface area contributed by atoms with Crippen molar-refractivity contribution in [1.82, 2.24) is 5.32 Å². The first kappa shape index (κ1) is 28.3. The zero-order valence-corrected chi connectivity index (χ0v) is 22.0. The molecule has 0 aliphatic carbocycles. The summed E-state index contributed by atoms with van der Waals surface area (Å²) in [5.41, 5.74) is -1.23. The first-order valence-electron chi connectivity index (χ1n) is 10.9. The van der Waals surface area contributed by atoms with Gasteiger partial charge in [0.25, 0.3) is 11.8 Å². The van der Waals surface area contributed by atoms with Gasteiger partial charge in [-0.15, -0.1) is 0 Å². The summed E-state index contributed by atoms with van der Waals surface area (Å²) in [6, 6.07) is 10.3. The molecule has 3 aromatic rings. The highest BCUT2D eigenvalue weighted by Gasteiger charge is 2.39. The zero-order valence-electron chi connectivity index (χ0n) is 19.7. The summed E-state index contributed by atoms with van der Waals surface area (Å²) >= 11 is 18.1. The molecule has 0 atom stereocenters. The van der Waals surface area contributed by atoms with Crippen molar-refractivity contribution in [3.8, 4) is 11.5 Å². The highest BCUT2D eigenvalue weighted by molar-refractivity contribution is 6.42. The first-order valence-corrected chi connectivity index (χ1v) is 12.1. The van der Waals surface area contributed by atoms with Crippen LogP contribution < -0.4 is 19.7 Å². The van der Waals surface area contributed by atoms with Crippen LogP contribution in [0, 0.1) is 0 Å². The molecule has 1 aliphatic rings. The molecule has 4 amide bonds. The maximum Gasteiger partial charge on any atom is 0.416 e. The van der Waals surface area contributed by atoms with Crippen LogP contribution in [-0.2, 0) is 22.4 Å². The maximum atomic E-state index is 13.2. The Labute approximate surface area is 234 Å². The minimum absolute atomic E-state index is 0.0858. The van der Waals surface area contributed by atoms with Gasteiger partial charge in [0.15, 0.2) is 11.5 Å². The molecule has 0 bridgehead atoms. The molecule has 1 fully saturated rings. The van der Waals surface area contributed by atoms with E-state index in [-0.39, 0.29) is 17.4 Å². The normalized spacial score (nSPS) is 15.0. The molecular weight excluding hydrogens is 584 g/mol. The maximum absolute atomic E-state index is 13.2. The van der Waals surface area contributed by atoms with Crippen LogP contribution in [0.1, 0.15) is 16.7 Å². The van der Waals surface area contributed by atoms with Gasteiger partial charge in [0.2, 0.25) is 0 Å². The predicted octanol–water partition coefficient (Wildman–Crippen LogP) is 6.92. The molecule has 0 aromatic heterocycles. The number of hydrogen-bond donors (Lipinski definition) is 1. The fourth-order valence-corrected chi connectivity index (χ4v) is 4.26. The number of nitrogens with zero attached hydrogens (tertiary/aromatic N) is 1. The van der Waals surface area contributed by atoms with Crippen LogP contribution in [-0.4, -0.2) is 25.0 Å². The number of hydrogen-bond acceptors (Lipinski definition) is 5. The molecular formula is C26H16Cl3F3N2O5. The average molecular weight is 600 g/mol. The van der Waals surface area contributed by atoms with Crippen LogP contribution in [0.15, 0.2) is 60.2 Å². The fraction of sp³-hybridized carbons (Fsp3) is 0.115. The number of anilines is 1. The van der Waals surface area contributed by atoms with Crippen LogP contribution in [0.25, 0.3) is 6.08 Å². The van der Waals surface area contributed by atoms with Gasteiger partial charge < -0.3 is 9.47 Å². The van der Waals surface area contributed by atoms with Crippen molar-refractivity contribution in [1.29, 1.82) is 0 Å². The summed E-state index contributed by atoms with van der Waals surface area (Å²) in [5.74, 6) is -1.65. The molecule has 0 spiro atoms. The molecule has 3 aromatic carbocycles. The monoisotopic (exact) mass is 598 g/mol. The molecule has 39 heavy (non-hydrogen) atoms. The van der Waals surface area contributed by atoms with E-state index < -0.39 is 40.8 Å². The van der Waals surface area contributed by atoms with E-state index in [2.05, 4.69) is 0 Å². The number of ether oxygens (including phenoxy) is 2. The van der Waals surface area contributed by atoms with E-state index in [9.17, 15) is 27.6 Å². The number of urea groups is 1. The van der Waals surface area contributed by atoms with Crippen molar-refractivity contribution in [2.75, 3.05) is 12.0 Å². The number of rotatable bonds is 6. The summed E-state index contributed by atoms with van der Waals surface area (Å²) in [4.78, 5) is 38.5. The number of imide groups is 2. The Morgan fingerprint density at radius 2 is 1.67 bits per heavy atom. The number of carbonyl (C=O) groups excluding carboxylic acids is 3. The quantitative estimate of drug-likeness (QED) is 0.246. The van der Waals surface area contributed by atoms with Crippen LogP contribution in [0.5, 0.6) is 11.5 Å². The Morgan fingerprint density at radius 1 is 0.923 bits per heavy atom. The van der Waals surface area contributed by atoms with Crippen LogP contribution in [0.2, 0.25) is 15.1 Å². The second-order valence-corrected chi connectivity index (χ2v) is 9.31. The molecule has 1 N–H and O–H groups in total. The largest absolute Gasteiger partial charge is 0.493 e. The molecule has 7 nitrogen and oxygen atoms in total. The number of halogens is 6. The summed E-state index contributed by atoms with van der Waals surface area (Å²) in [7, 11) is 1.38. The minimum atomic E-state index is -4.76. The van der Waals surface area contributed by atoms with Crippen molar-refractivity contribution in [2.45, 2.75) is 12.8 Å².